The first-order valence-electron chi connectivity index (χ1n) is 9.52. The van der Waals surface area contributed by atoms with E-state index in [4.69, 9.17) is 0 Å². The number of hydrogen-bond acceptors (Lipinski definition) is 1. The highest BCUT2D eigenvalue weighted by Gasteiger charge is 2.51. The maximum atomic E-state index is 12.3. The molecular weight excluding hydrogens is 274 g/mol. The number of rotatable bonds is 7. The van der Waals surface area contributed by atoms with Crippen molar-refractivity contribution in [3.8, 4) is 0 Å². The van der Waals surface area contributed by atoms with Crippen LogP contribution in [0.15, 0.2) is 0 Å². The van der Waals surface area contributed by atoms with Gasteiger partial charge in [-0.1, -0.05) is 0 Å². The van der Waals surface area contributed by atoms with Crippen LogP contribution in [0.2, 0.25) is 0 Å². The van der Waals surface area contributed by atoms with E-state index < -0.39 is 0 Å². The highest BCUT2D eigenvalue weighted by atomic mass is 16.2. The van der Waals surface area contributed by atoms with Crippen LogP contribution in [0.5, 0.6) is 0 Å². The van der Waals surface area contributed by atoms with Gasteiger partial charge in [0.15, 0.2) is 0 Å². The highest BCUT2D eigenvalue weighted by Crippen LogP contribution is 2.55. The van der Waals surface area contributed by atoms with E-state index in [1.54, 1.807) is 4.90 Å². The first-order valence-corrected chi connectivity index (χ1v) is 9.52. The molecule has 4 fully saturated rings. The van der Waals surface area contributed by atoms with Crippen molar-refractivity contribution in [3.63, 3.8) is 0 Å². The fourth-order valence-electron chi connectivity index (χ4n) is 5.69. The molecule has 3 N–H and O–H groups in total. The second-order valence-corrected chi connectivity index (χ2v) is 8.14. The van der Waals surface area contributed by atoms with Crippen LogP contribution in [0.1, 0.15) is 58.8 Å². The van der Waals surface area contributed by atoms with Crippen LogP contribution in [0, 0.1) is 17.8 Å². The SMILES string of the molecule is CC[NH+](CC)CCCNC(=O)NC12CC3CC(CC(C3)C1)C2. The Balaban J connectivity index is 1.40. The summed E-state index contributed by atoms with van der Waals surface area (Å²) in [6.45, 7) is 8.77. The Kier molecular flexibility index (Phi) is 4.96. The average Bonchev–Trinajstić information content (AvgIpc) is 2.45. The fourth-order valence-corrected chi connectivity index (χ4v) is 5.69. The number of carbonyl (C=O) groups excluding carboxylic acids is 1. The van der Waals surface area contributed by atoms with Crippen molar-refractivity contribution >= 4 is 6.03 Å². The molecule has 4 aliphatic carbocycles. The van der Waals surface area contributed by atoms with Gasteiger partial charge in [0.1, 0.15) is 0 Å². The van der Waals surface area contributed by atoms with Crippen molar-refractivity contribution in [2.45, 2.75) is 64.3 Å². The lowest BCUT2D eigenvalue weighted by Gasteiger charge is -2.56. The van der Waals surface area contributed by atoms with Crippen LogP contribution in [-0.2, 0) is 0 Å². The zero-order chi connectivity index (χ0) is 15.6. The molecule has 4 aliphatic rings. The number of quaternary nitrogens is 1. The van der Waals surface area contributed by atoms with Crippen molar-refractivity contribution in [2.24, 2.45) is 17.8 Å². The maximum Gasteiger partial charge on any atom is 0.315 e. The minimum atomic E-state index is 0.0801. The van der Waals surface area contributed by atoms with Gasteiger partial charge < -0.3 is 15.5 Å². The summed E-state index contributed by atoms with van der Waals surface area (Å²) >= 11 is 0. The Labute approximate surface area is 135 Å². The molecule has 0 aromatic rings. The van der Waals surface area contributed by atoms with Gasteiger partial charge in [-0.25, -0.2) is 4.79 Å². The first kappa shape index (κ1) is 16.1. The monoisotopic (exact) mass is 308 g/mol. The van der Waals surface area contributed by atoms with Crippen molar-refractivity contribution in [1.29, 1.82) is 0 Å². The Bertz CT molecular complexity index is 357. The van der Waals surface area contributed by atoms with Gasteiger partial charge in [-0.3, -0.25) is 0 Å². The Morgan fingerprint density at radius 3 is 2.09 bits per heavy atom. The fraction of sp³-hybridized carbons (Fsp3) is 0.944. The summed E-state index contributed by atoms with van der Waals surface area (Å²) in [6.07, 6.45) is 9.05. The Morgan fingerprint density at radius 1 is 1.05 bits per heavy atom. The number of hydrogen-bond donors (Lipinski definition) is 3. The summed E-state index contributed by atoms with van der Waals surface area (Å²) in [7, 11) is 0. The summed E-state index contributed by atoms with van der Waals surface area (Å²) in [5.74, 6) is 2.66. The Hall–Kier alpha value is -0.770. The van der Waals surface area contributed by atoms with Crippen molar-refractivity contribution in [3.05, 3.63) is 0 Å². The van der Waals surface area contributed by atoms with Gasteiger partial charge in [0.25, 0.3) is 0 Å². The number of urea groups is 1. The van der Waals surface area contributed by atoms with E-state index in [1.807, 2.05) is 0 Å². The minimum Gasteiger partial charge on any atom is -0.338 e. The van der Waals surface area contributed by atoms with Crippen LogP contribution >= 0.6 is 0 Å². The number of carbonyl (C=O) groups is 1. The third-order valence-electron chi connectivity index (χ3n) is 6.41. The molecule has 0 aromatic heterocycles. The van der Waals surface area contributed by atoms with Crippen LogP contribution in [0.25, 0.3) is 0 Å². The quantitative estimate of drug-likeness (QED) is 0.614. The molecule has 4 saturated carbocycles. The second kappa shape index (κ2) is 6.77. The molecule has 126 valence electrons. The molecule has 4 rings (SSSR count). The van der Waals surface area contributed by atoms with Gasteiger partial charge in [-0.15, -0.1) is 0 Å². The average molecular weight is 308 g/mol. The first-order chi connectivity index (χ1) is 10.6. The lowest BCUT2D eigenvalue weighted by Crippen LogP contribution is -3.11. The summed E-state index contributed by atoms with van der Waals surface area (Å²) in [6, 6.07) is 0.0801. The highest BCUT2D eigenvalue weighted by molar-refractivity contribution is 5.74. The van der Waals surface area contributed by atoms with E-state index in [2.05, 4.69) is 24.5 Å². The van der Waals surface area contributed by atoms with Gasteiger partial charge in [0, 0.05) is 18.5 Å². The lowest BCUT2D eigenvalue weighted by molar-refractivity contribution is -0.896. The molecule has 0 radical (unpaired) electrons. The summed E-state index contributed by atoms with van der Waals surface area (Å²) in [5, 5.41) is 6.48. The third kappa shape index (κ3) is 3.58. The zero-order valence-corrected chi connectivity index (χ0v) is 14.4. The third-order valence-corrected chi connectivity index (χ3v) is 6.41. The minimum absolute atomic E-state index is 0.0801. The van der Waals surface area contributed by atoms with Crippen LogP contribution in [-0.4, -0.2) is 37.7 Å². The maximum absolute atomic E-state index is 12.3. The molecule has 2 amide bonds. The number of amides is 2. The van der Waals surface area contributed by atoms with E-state index in [1.165, 1.54) is 51.6 Å². The molecule has 0 saturated heterocycles. The molecule has 0 atom stereocenters. The van der Waals surface area contributed by atoms with Crippen molar-refractivity contribution in [1.82, 2.24) is 10.6 Å². The molecule has 4 nitrogen and oxygen atoms in total. The molecule has 4 heteroatoms. The van der Waals surface area contributed by atoms with Gasteiger partial charge in [-0.2, -0.15) is 0 Å². The normalized spacial score (nSPS) is 35.9. The number of nitrogens with one attached hydrogen (secondary N) is 3. The van der Waals surface area contributed by atoms with Crippen LogP contribution < -0.4 is 15.5 Å². The lowest BCUT2D eigenvalue weighted by atomic mass is 9.53. The standard InChI is InChI=1S/C18H33N3O/c1-3-21(4-2)7-5-6-19-17(22)20-18-11-14-8-15(12-18)10-16(9-14)13-18/h14-16H,3-13H2,1-2H3,(H2,19,20,22)/p+1. The molecule has 0 heterocycles. The summed E-state index contributed by atoms with van der Waals surface area (Å²) in [5.41, 5.74) is 0.142. The second-order valence-electron chi connectivity index (χ2n) is 8.14. The van der Waals surface area contributed by atoms with Gasteiger partial charge in [0.2, 0.25) is 0 Å². The van der Waals surface area contributed by atoms with Gasteiger partial charge in [-0.05, 0) is 70.1 Å². The molecule has 4 bridgehead atoms. The molecule has 0 aromatic carbocycles. The van der Waals surface area contributed by atoms with Crippen molar-refractivity contribution in [2.75, 3.05) is 26.2 Å². The predicted molar refractivity (Wildman–Crippen MR) is 89.0 cm³/mol. The van der Waals surface area contributed by atoms with E-state index in [9.17, 15) is 4.79 Å². The molecular formula is C18H34N3O+. The molecule has 0 aliphatic heterocycles. The topological polar surface area (TPSA) is 45.6 Å². The smallest absolute Gasteiger partial charge is 0.315 e. The van der Waals surface area contributed by atoms with Gasteiger partial charge >= 0.3 is 6.03 Å². The molecule has 0 unspecified atom stereocenters. The summed E-state index contributed by atoms with van der Waals surface area (Å²) < 4.78 is 0. The Morgan fingerprint density at radius 2 is 1.59 bits per heavy atom. The van der Waals surface area contributed by atoms with Crippen LogP contribution in [0.3, 0.4) is 0 Å². The van der Waals surface area contributed by atoms with E-state index in [0.717, 1.165) is 37.3 Å². The van der Waals surface area contributed by atoms with E-state index in [-0.39, 0.29) is 11.6 Å². The van der Waals surface area contributed by atoms with E-state index >= 15 is 0 Å². The summed E-state index contributed by atoms with van der Waals surface area (Å²) in [4.78, 5) is 13.9. The largest absolute Gasteiger partial charge is 0.338 e. The van der Waals surface area contributed by atoms with Gasteiger partial charge in [0.05, 0.1) is 19.6 Å². The van der Waals surface area contributed by atoms with Crippen molar-refractivity contribution < 1.29 is 9.69 Å². The molecule has 0 spiro atoms. The van der Waals surface area contributed by atoms with Crippen LogP contribution in [0.4, 0.5) is 4.79 Å². The zero-order valence-electron chi connectivity index (χ0n) is 14.4. The molecule has 22 heavy (non-hydrogen) atoms. The van der Waals surface area contributed by atoms with E-state index in [0.29, 0.717) is 0 Å². The predicted octanol–water partition coefficient (Wildman–Crippen LogP) is 1.57.